The van der Waals surface area contributed by atoms with Gasteiger partial charge in [0, 0.05) is 78.5 Å². The van der Waals surface area contributed by atoms with Crippen LogP contribution in [0.3, 0.4) is 0 Å². The summed E-state index contributed by atoms with van der Waals surface area (Å²) in [4.78, 5) is 39.5. The van der Waals surface area contributed by atoms with Crippen LogP contribution in [0.25, 0.3) is 0 Å². The van der Waals surface area contributed by atoms with Crippen LogP contribution < -0.4 is 5.32 Å². The number of likely N-dealkylation sites (tertiary alicyclic amines) is 1. The molecule has 0 bridgehead atoms. The number of imidazole rings is 1. The van der Waals surface area contributed by atoms with Crippen molar-refractivity contribution in [2.75, 3.05) is 18.4 Å². The number of nitrogens with zero attached hydrogens (tertiary/aromatic N) is 5. The van der Waals surface area contributed by atoms with Crippen molar-refractivity contribution >= 4 is 28.3 Å². The smallest absolute Gasteiger partial charge is 0.255 e. The van der Waals surface area contributed by atoms with Crippen LogP contribution in [0, 0.1) is 17.7 Å². The maximum Gasteiger partial charge on any atom is 0.255 e. The number of aromatic nitrogens is 3. The summed E-state index contributed by atoms with van der Waals surface area (Å²) in [5.74, 6) is 1.93. The number of carbonyl (C=O) groups is 2. The molecule has 12 heteroatoms. The van der Waals surface area contributed by atoms with Crippen LogP contribution in [0.5, 0.6) is 0 Å². The van der Waals surface area contributed by atoms with Crippen LogP contribution in [-0.2, 0) is 30.8 Å². The number of anilines is 1. The highest BCUT2D eigenvalue weighted by Crippen LogP contribution is 2.36. The third-order valence-corrected chi connectivity index (χ3v) is 9.28. The number of carbonyl (C=O) groups excluding carboxylic acids is 2. The Hall–Kier alpha value is -4.47. The number of rotatable bonds is 6. The molecule has 0 radical (unpaired) electrons. The number of hydrogen-bond acceptors (Lipinski definition) is 6. The van der Waals surface area contributed by atoms with Crippen LogP contribution in [0.15, 0.2) is 54.3 Å². The Kier molecular flexibility index (Phi) is 7.67. The predicted octanol–water partition coefficient (Wildman–Crippen LogP) is 5.39. The number of aryl methyl sites for hydroxylation is 1. The van der Waals surface area contributed by atoms with Crippen LogP contribution >= 0.6 is 11.3 Å². The molecule has 1 unspecified atom stereocenters. The molecule has 1 fully saturated rings. The summed E-state index contributed by atoms with van der Waals surface area (Å²) in [6.45, 7) is 2.01. The minimum Gasteiger partial charge on any atom is -0.334 e. The van der Waals surface area contributed by atoms with E-state index in [1.54, 1.807) is 24.0 Å². The first-order valence-electron chi connectivity index (χ1n) is 14.8. The summed E-state index contributed by atoms with van der Waals surface area (Å²) >= 11 is 1.26. The van der Waals surface area contributed by atoms with Crippen molar-refractivity contribution in [1.29, 1.82) is 0 Å². The molecule has 2 aromatic heterocycles. The lowest BCUT2D eigenvalue weighted by Crippen LogP contribution is -2.38. The summed E-state index contributed by atoms with van der Waals surface area (Å²) in [5, 5.41) is 4.94. The average molecular weight is 631 g/mol. The Morgan fingerprint density at radius 1 is 1.07 bits per heavy atom. The van der Waals surface area contributed by atoms with Gasteiger partial charge >= 0.3 is 0 Å². The van der Waals surface area contributed by atoms with Crippen molar-refractivity contribution in [3.63, 3.8) is 0 Å². The Morgan fingerprint density at radius 2 is 1.84 bits per heavy atom. The molecule has 7 rings (SSSR count). The van der Waals surface area contributed by atoms with E-state index >= 15 is 4.39 Å². The van der Waals surface area contributed by atoms with Gasteiger partial charge in [-0.25, -0.2) is 23.1 Å². The molecule has 0 aliphatic carbocycles. The quantitative estimate of drug-likeness (QED) is 0.289. The molecule has 45 heavy (non-hydrogen) atoms. The highest BCUT2D eigenvalue weighted by Gasteiger charge is 2.42. The number of piperidine rings is 1. The van der Waals surface area contributed by atoms with E-state index in [0.717, 1.165) is 30.6 Å². The van der Waals surface area contributed by atoms with Gasteiger partial charge in [0.15, 0.2) is 11.2 Å². The maximum absolute atomic E-state index is 15.5. The van der Waals surface area contributed by atoms with Crippen LogP contribution in [0.4, 0.5) is 18.3 Å². The van der Waals surface area contributed by atoms with Crippen molar-refractivity contribution in [1.82, 2.24) is 24.3 Å². The standard InChI is InChI=1S/C33H29F3N6O2S/c34-26-17-23(8-5-21-3-6-22(7-4-21)18-40-13-9-33(35,36)10-14-40)16-24-25(26)19-42(31(24)44)29(30(43)39-32-37-11-15-45-32)28-27-2-1-12-41(27)20-38-28/h3-4,6-7,11,15-17,20,29H,1-2,9-10,12-14,18-19H2,(H,37,39,43). The van der Waals surface area contributed by atoms with Gasteiger partial charge in [0.05, 0.1) is 18.6 Å². The van der Waals surface area contributed by atoms with Gasteiger partial charge < -0.3 is 9.47 Å². The van der Waals surface area contributed by atoms with E-state index in [4.69, 9.17) is 0 Å². The molecule has 1 atom stereocenters. The van der Waals surface area contributed by atoms with Crippen molar-refractivity contribution in [2.45, 2.75) is 57.3 Å². The fraction of sp³-hybridized carbons (Fsp3) is 0.333. The van der Waals surface area contributed by atoms with Crippen LogP contribution in [0.1, 0.15) is 69.3 Å². The fourth-order valence-corrected chi connectivity index (χ4v) is 6.74. The third kappa shape index (κ3) is 5.98. The molecule has 0 spiro atoms. The monoisotopic (exact) mass is 630 g/mol. The zero-order valence-electron chi connectivity index (χ0n) is 24.2. The zero-order chi connectivity index (χ0) is 31.1. The second-order valence-electron chi connectivity index (χ2n) is 11.6. The first kappa shape index (κ1) is 29.3. The number of benzene rings is 2. The molecule has 230 valence electrons. The molecule has 1 N–H and O–H groups in total. The summed E-state index contributed by atoms with van der Waals surface area (Å²) < 4.78 is 44.4. The highest BCUT2D eigenvalue weighted by molar-refractivity contribution is 7.13. The van der Waals surface area contributed by atoms with Gasteiger partial charge in [-0.2, -0.15) is 0 Å². The van der Waals surface area contributed by atoms with Crippen LogP contribution in [0.2, 0.25) is 0 Å². The lowest BCUT2D eigenvalue weighted by atomic mass is 10.0. The van der Waals surface area contributed by atoms with E-state index in [1.165, 1.54) is 22.3 Å². The Bertz CT molecular complexity index is 1820. The van der Waals surface area contributed by atoms with Gasteiger partial charge in [-0.15, -0.1) is 11.3 Å². The molecule has 3 aliphatic rings. The minimum atomic E-state index is -2.58. The van der Waals surface area contributed by atoms with Gasteiger partial charge in [-0.1, -0.05) is 24.0 Å². The molecular formula is C33H29F3N6O2S. The number of fused-ring (bicyclic) bond motifs is 2. The average Bonchev–Trinajstić information content (AvgIpc) is 3.82. The second-order valence-corrected chi connectivity index (χ2v) is 12.5. The van der Waals surface area contributed by atoms with Crippen molar-refractivity contribution in [2.24, 2.45) is 0 Å². The van der Waals surface area contributed by atoms with E-state index < -0.39 is 29.6 Å². The van der Waals surface area contributed by atoms with E-state index in [2.05, 4.69) is 27.1 Å². The summed E-state index contributed by atoms with van der Waals surface area (Å²) in [6, 6.07) is 9.32. The second kappa shape index (κ2) is 11.8. The number of hydrogen-bond donors (Lipinski definition) is 1. The maximum atomic E-state index is 15.5. The normalized spacial score (nSPS) is 17.8. The fourth-order valence-electron chi connectivity index (χ4n) is 6.21. The number of alkyl halides is 2. The summed E-state index contributed by atoms with van der Waals surface area (Å²) in [5.41, 5.74) is 3.81. The van der Waals surface area contributed by atoms with Gasteiger partial charge in [0.1, 0.15) is 5.82 Å². The summed E-state index contributed by atoms with van der Waals surface area (Å²) in [6.07, 6.45) is 4.66. The number of halogens is 3. The molecule has 1 saturated heterocycles. The molecule has 3 aliphatic heterocycles. The molecule has 2 amide bonds. The lowest BCUT2D eigenvalue weighted by Gasteiger charge is -2.31. The molecule has 4 aromatic rings. The van der Waals surface area contributed by atoms with E-state index in [1.807, 2.05) is 33.7 Å². The number of thiazole rings is 1. The van der Waals surface area contributed by atoms with E-state index in [-0.39, 0.29) is 30.5 Å². The number of nitrogens with one attached hydrogen (secondary N) is 1. The molecular weight excluding hydrogens is 601 g/mol. The molecule has 8 nitrogen and oxygen atoms in total. The Labute approximate surface area is 261 Å². The lowest BCUT2D eigenvalue weighted by molar-refractivity contribution is -0.121. The van der Waals surface area contributed by atoms with Gasteiger partial charge in [0.25, 0.3) is 17.7 Å². The predicted molar refractivity (Wildman–Crippen MR) is 162 cm³/mol. The molecule has 5 heterocycles. The Balaban J connectivity index is 1.10. The SMILES string of the molecule is O=C(Nc1nccs1)C(c1ncn2c1CCC2)N1Cc2c(F)cc(C#Cc3ccc(CN4CCC(F)(F)CC4)cc3)cc2C1=O. The minimum absolute atomic E-state index is 0.0773. The zero-order valence-corrected chi connectivity index (χ0v) is 25.0. The van der Waals surface area contributed by atoms with Gasteiger partial charge in [-0.05, 0) is 42.7 Å². The third-order valence-electron chi connectivity index (χ3n) is 8.59. The van der Waals surface area contributed by atoms with Crippen molar-refractivity contribution < 1.29 is 22.8 Å². The van der Waals surface area contributed by atoms with E-state index in [9.17, 15) is 18.4 Å². The molecule has 0 saturated carbocycles. The number of amides is 2. The van der Waals surface area contributed by atoms with Crippen molar-refractivity contribution in [3.8, 4) is 11.8 Å². The topological polar surface area (TPSA) is 83.4 Å². The first-order valence-corrected chi connectivity index (χ1v) is 15.7. The van der Waals surface area contributed by atoms with Gasteiger partial charge in [0.2, 0.25) is 0 Å². The van der Waals surface area contributed by atoms with Crippen LogP contribution in [-0.4, -0.2) is 55.2 Å². The van der Waals surface area contributed by atoms with E-state index in [0.29, 0.717) is 41.6 Å². The van der Waals surface area contributed by atoms with Gasteiger partial charge in [-0.3, -0.25) is 19.8 Å². The highest BCUT2D eigenvalue weighted by atomic mass is 32.1. The summed E-state index contributed by atoms with van der Waals surface area (Å²) in [7, 11) is 0. The van der Waals surface area contributed by atoms with Crippen molar-refractivity contribution in [3.05, 3.63) is 99.3 Å². The Morgan fingerprint density at radius 3 is 2.60 bits per heavy atom. The first-order chi connectivity index (χ1) is 21.7. The molecule has 2 aromatic carbocycles. The largest absolute Gasteiger partial charge is 0.334 e.